The number of nitrogens with one attached hydrogen (secondary N) is 1. The lowest BCUT2D eigenvalue weighted by Crippen LogP contribution is -3.07. The molecule has 0 heterocycles. The van der Waals surface area contributed by atoms with Crippen molar-refractivity contribution in [3.05, 3.63) is 12.2 Å². The van der Waals surface area contributed by atoms with E-state index in [1.54, 1.807) is 6.92 Å². The maximum absolute atomic E-state index is 11.3. The molecular formula is C10H19ClNO2+. The molecule has 14 heavy (non-hydrogen) atoms. The topological polar surface area (TPSA) is 30.7 Å². The van der Waals surface area contributed by atoms with Crippen LogP contribution in [-0.4, -0.2) is 31.7 Å². The van der Waals surface area contributed by atoms with Crippen LogP contribution in [0.3, 0.4) is 0 Å². The van der Waals surface area contributed by atoms with Gasteiger partial charge in [0, 0.05) is 12.0 Å². The molecule has 0 aliphatic carbocycles. The molecule has 0 saturated carbocycles. The van der Waals surface area contributed by atoms with Gasteiger partial charge < -0.3 is 9.64 Å². The van der Waals surface area contributed by atoms with E-state index in [1.165, 1.54) is 0 Å². The van der Waals surface area contributed by atoms with E-state index in [1.807, 2.05) is 21.0 Å². The summed E-state index contributed by atoms with van der Waals surface area (Å²) in [6.45, 7) is 7.59. The van der Waals surface area contributed by atoms with Gasteiger partial charge in [-0.15, -0.1) is 0 Å². The van der Waals surface area contributed by atoms with Gasteiger partial charge in [0.25, 0.3) is 0 Å². The predicted molar refractivity (Wildman–Crippen MR) is 57.5 cm³/mol. The number of hydrogen-bond acceptors (Lipinski definition) is 2. The van der Waals surface area contributed by atoms with E-state index in [9.17, 15) is 4.79 Å². The largest absolute Gasteiger partial charge is 0.434 e. The molecule has 0 spiro atoms. The van der Waals surface area contributed by atoms with Crippen LogP contribution in [0.1, 0.15) is 20.3 Å². The molecule has 0 aromatic carbocycles. The van der Waals surface area contributed by atoms with Crippen LogP contribution in [0, 0.1) is 0 Å². The van der Waals surface area contributed by atoms with Gasteiger partial charge in [-0.05, 0) is 6.92 Å². The number of hydrogen-bond donors (Lipinski definition) is 1. The van der Waals surface area contributed by atoms with Crippen molar-refractivity contribution in [1.82, 2.24) is 0 Å². The van der Waals surface area contributed by atoms with E-state index >= 15 is 0 Å². The first-order chi connectivity index (χ1) is 6.30. The number of halogens is 1. The predicted octanol–water partition coefficient (Wildman–Crippen LogP) is 0.595. The third-order valence-electron chi connectivity index (χ3n) is 1.77. The maximum Gasteiger partial charge on any atom is 0.335 e. The van der Waals surface area contributed by atoms with Gasteiger partial charge in [0.2, 0.25) is 5.06 Å². The Morgan fingerprint density at radius 2 is 2.07 bits per heavy atom. The van der Waals surface area contributed by atoms with Crippen molar-refractivity contribution in [2.24, 2.45) is 0 Å². The molecule has 0 aliphatic rings. The highest BCUT2D eigenvalue weighted by Gasteiger charge is 2.33. The zero-order valence-corrected chi connectivity index (χ0v) is 10.1. The summed E-state index contributed by atoms with van der Waals surface area (Å²) in [6.07, 6.45) is 0.582. The monoisotopic (exact) mass is 220 g/mol. The summed E-state index contributed by atoms with van der Waals surface area (Å²) in [5.74, 6) is -0.428. The van der Waals surface area contributed by atoms with Crippen molar-refractivity contribution in [3.8, 4) is 0 Å². The Morgan fingerprint density at radius 3 is 2.36 bits per heavy atom. The van der Waals surface area contributed by atoms with E-state index in [2.05, 4.69) is 6.58 Å². The Kier molecular flexibility index (Phi) is 5.16. The number of alkyl halides is 1. The number of likely N-dealkylation sites (N-methyl/N-ethyl adjacent to an activating group) is 1. The van der Waals surface area contributed by atoms with Crippen molar-refractivity contribution in [1.29, 1.82) is 0 Å². The molecule has 0 bridgehead atoms. The van der Waals surface area contributed by atoms with Gasteiger partial charge >= 0.3 is 5.97 Å². The molecule has 0 saturated heterocycles. The standard InChI is InChI=1S/C10H18ClNO2/c1-6-10(11,7-12(4)5)14-9(13)8(2)3/h2,6-7H2,1,3-5H3/p+1. The fraction of sp³-hybridized carbons (Fsp3) is 0.700. The van der Waals surface area contributed by atoms with E-state index in [4.69, 9.17) is 16.3 Å². The second-order valence-electron chi connectivity index (χ2n) is 3.79. The normalized spacial score (nSPS) is 15.0. The quantitative estimate of drug-likeness (QED) is 0.418. The maximum atomic E-state index is 11.3. The molecule has 0 radical (unpaired) electrons. The number of esters is 1. The molecule has 0 aliphatic heterocycles. The van der Waals surface area contributed by atoms with Gasteiger partial charge in [0.15, 0.2) is 0 Å². The Hall–Kier alpha value is -0.540. The minimum Gasteiger partial charge on any atom is -0.434 e. The number of carbonyl (C=O) groups excluding carboxylic acids is 1. The third-order valence-corrected chi connectivity index (χ3v) is 2.25. The van der Waals surface area contributed by atoms with Crippen molar-refractivity contribution in [2.75, 3.05) is 20.6 Å². The summed E-state index contributed by atoms with van der Waals surface area (Å²) in [5.41, 5.74) is 0.372. The van der Waals surface area contributed by atoms with Crippen molar-refractivity contribution >= 4 is 17.6 Å². The van der Waals surface area contributed by atoms with Crippen LogP contribution < -0.4 is 4.90 Å². The summed E-state index contributed by atoms with van der Waals surface area (Å²) in [6, 6.07) is 0. The van der Waals surface area contributed by atoms with Crippen LogP contribution in [0.5, 0.6) is 0 Å². The molecule has 0 aromatic rings. The Morgan fingerprint density at radius 1 is 1.57 bits per heavy atom. The average Bonchev–Trinajstić information content (AvgIpc) is 2.02. The van der Waals surface area contributed by atoms with E-state index in [0.717, 1.165) is 4.90 Å². The van der Waals surface area contributed by atoms with Crippen LogP contribution in [0.15, 0.2) is 12.2 Å². The Bertz CT molecular complexity index is 228. The van der Waals surface area contributed by atoms with Crippen molar-refractivity contribution < 1.29 is 14.4 Å². The minimum atomic E-state index is -0.908. The minimum absolute atomic E-state index is 0.372. The Labute approximate surface area is 90.7 Å². The molecule has 4 heteroatoms. The molecule has 0 fully saturated rings. The van der Waals surface area contributed by atoms with Crippen LogP contribution in [0.25, 0.3) is 0 Å². The summed E-state index contributed by atoms with van der Waals surface area (Å²) in [4.78, 5) is 12.4. The van der Waals surface area contributed by atoms with E-state index in [0.29, 0.717) is 18.5 Å². The first-order valence-electron chi connectivity index (χ1n) is 4.67. The average molecular weight is 221 g/mol. The second kappa shape index (κ2) is 5.37. The number of ether oxygens (including phenoxy) is 1. The smallest absolute Gasteiger partial charge is 0.335 e. The molecule has 0 amide bonds. The number of quaternary nitrogens is 1. The Balaban J connectivity index is 4.39. The van der Waals surface area contributed by atoms with Gasteiger partial charge in [-0.2, -0.15) is 0 Å². The molecule has 82 valence electrons. The number of carbonyl (C=O) groups is 1. The van der Waals surface area contributed by atoms with Gasteiger partial charge in [-0.3, -0.25) is 0 Å². The zero-order valence-electron chi connectivity index (χ0n) is 9.32. The van der Waals surface area contributed by atoms with Crippen molar-refractivity contribution in [2.45, 2.75) is 25.3 Å². The first-order valence-corrected chi connectivity index (χ1v) is 5.05. The fourth-order valence-corrected chi connectivity index (χ4v) is 1.35. The van der Waals surface area contributed by atoms with Crippen LogP contribution >= 0.6 is 11.6 Å². The lowest BCUT2D eigenvalue weighted by atomic mass is 10.2. The molecule has 0 aromatic heterocycles. The number of rotatable bonds is 5. The SMILES string of the molecule is C=C(C)C(=O)OC(Cl)(CC)C[NH+](C)C. The zero-order chi connectivity index (χ0) is 11.4. The summed E-state index contributed by atoms with van der Waals surface area (Å²) in [7, 11) is 3.92. The molecule has 1 unspecified atom stereocenters. The first kappa shape index (κ1) is 13.5. The van der Waals surface area contributed by atoms with Crippen LogP contribution in [-0.2, 0) is 9.53 Å². The summed E-state index contributed by atoms with van der Waals surface area (Å²) in [5, 5.41) is -0.908. The lowest BCUT2D eigenvalue weighted by Gasteiger charge is -2.26. The van der Waals surface area contributed by atoms with Crippen LogP contribution in [0.2, 0.25) is 0 Å². The van der Waals surface area contributed by atoms with Gasteiger partial charge in [-0.1, -0.05) is 25.1 Å². The van der Waals surface area contributed by atoms with Crippen LogP contribution in [0.4, 0.5) is 0 Å². The van der Waals surface area contributed by atoms with Gasteiger partial charge in [0.05, 0.1) is 14.1 Å². The van der Waals surface area contributed by atoms with Crippen molar-refractivity contribution in [3.63, 3.8) is 0 Å². The fourth-order valence-electron chi connectivity index (χ4n) is 1.01. The summed E-state index contributed by atoms with van der Waals surface area (Å²) < 4.78 is 5.17. The highest BCUT2D eigenvalue weighted by atomic mass is 35.5. The molecule has 1 N–H and O–H groups in total. The van der Waals surface area contributed by atoms with E-state index in [-0.39, 0.29) is 0 Å². The molecule has 3 nitrogen and oxygen atoms in total. The lowest BCUT2D eigenvalue weighted by molar-refractivity contribution is -0.863. The van der Waals surface area contributed by atoms with Gasteiger partial charge in [-0.25, -0.2) is 4.79 Å². The highest BCUT2D eigenvalue weighted by Crippen LogP contribution is 2.20. The molecular weight excluding hydrogens is 202 g/mol. The van der Waals surface area contributed by atoms with E-state index < -0.39 is 11.0 Å². The third kappa shape index (κ3) is 4.63. The molecule has 1 atom stereocenters. The summed E-state index contributed by atoms with van der Waals surface area (Å²) >= 11 is 6.15. The molecule has 0 rings (SSSR count). The second-order valence-corrected chi connectivity index (χ2v) is 4.48. The van der Waals surface area contributed by atoms with Gasteiger partial charge in [0.1, 0.15) is 6.54 Å². The highest BCUT2D eigenvalue weighted by molar-refractivity contribution is 6.23.